The van der Waals surface area contributed by atoms with Gasteiger partial charge in [-0.3, -0.25) is 4.79 Å². The molecule has 1 N–H and O–H groups in total. The lowest BCUT2D eigenvalue weighted by Gasteiger charge is -2.12. The maximum Gasteiger partial charge on any atom is 0.255 e. The first-order chi connectivity index (χ1) is 15.1. The molecular weight excluding hydrogens is 395 g/mol. The van der Waals surface area contributed by atoms with E-state index in [-0.39, 0.29) is 11.7 Å². The molecule has 0 aliphatic rings. The van der Waals surface area contributed by atoms with Gasteiger partial charge < -0.3 is 14.8 Å². The maximum atomic E-state index is 13.3. The van der Waals surface area contributed by atoms with E-state index in [1.165, 1.54) is 12.1 Å². The molecule has 0 fully saturated rings. The van der Waals surface area contributed by atoms with Crippen LogP contribution in [0.4, 0.5) is 10.1 Å². The van der Waals surface area contributed by atoms with Crippen LogP contribution in [-0.2, 0) is 0 Å². The summed E-state index contributed by atoms with van der Waals surface area (Å²) in [6, 6.07) is 20.3. The molecule has 0 spiro atoms. The van der Waals surface area contributed by atoms with Crippen LogP contribution in [0.15, 0.2) is 72.8 Å². The second-order valence-electron chi connectivity index (χ2n) is 6.86. The first-order valence-electron chi connectivity index (χ1n) is 9.86. The Bertz CT molecular complexity index is 1220. The van der Waals surface area contributed by atoms with E-state index in [9.17, 15) is 9.18 Å². The molecule has 31 heavy (non-hydrogen) atoms. The Morgan fingerprint density at radius 3 is 2.42 bits per heavy atom. The van der Waals surface area contributed by atoms with Gasteiger partial charge in [0.2, 0.25) is 0 Å². The van der Waals surface area contributed by atoms with Gasteiger partial charge in [0.1, 0.15) is 17.3 Å². The van der Waals surface area contributed by atoms with E-state index in [0.29, 0.717) is 40.6 Å². The number of aromatic nitrogens is 1. The minimum absolute atomic E-state index is 0.226. The number of carbonyl (C=O) groups is 1. The van der Waals surface area contributed by atoms with Crippen LogP contribution in [0.1, 0.15) is 17.3 Å². The van der Waals surface area contributed by atoms with Gasteiger partial charge in [-0.1, -0.05) is 0 Å². The van der Waals surface area contributed by atoms with E-state index in [4.69, 9.17) is 9.47 Å². The molecule has 0 bridgehead atoms. The van der Waals surface area contributed by atoms with Crippen molar-refractivity contribution in [3.05, 3.63) is 84.2 Å². The lowest BCUT2D eigenvalue weighted by molar-refractivity contribution is 0.102. The van der Waals surface area contributed by atoms with Crippen molar-refractivity contribution in [1.29, 1.82) is 0 Å². The fraction of sp³-hybridized carbons (Fsp3) is 0.120. The number of methoxy groups -OCH3 is 1. The number of ether oxygens (including phenoxy) is 2. The molecule has 4 rings (SSSR count). The third kappa shape index (κ3) is 4.48. The third-order valence-electron chi connectivity index (χ3n) is 4.82. The van der Waals surface area contributed by atoms with Crippen molar-refractivity contribution in [1.82, 2.24) is 4.98 Å². The van der Waals surface area contributed by atoms with Crippen LogP contribution in [0.25, 0.3) is 22.2 Å². The Kier molecular flexibility index (Phi) is 5.80. The quantitative estimate of drug-likeness (QED) is 0.438. The first-order valence-corrected chi connectivity index (χ1v) is 9.86. The highest BCUT2D eigenvalue weighted by molar-refractivity contribution is 6.05. The van der Waals surface area contributed by atoms with Crippen LogP contribution in [0, 0.1) is 5.82 Å². The van der Waals surface area contributed by atoms with Crippen LogP contribution in [0.2, 0.25) is 0 Å². The predicted octanol–water partition coefficient (Wildman–Crippen LogP) is 5.70. The van der Waals surface area contributed by atoms with Crippen molar-refractivity contribution in [2.75, 3.05) is 19.0 Å². The largest absolute Gasteiger partial charge is 0.497 e. The fourth-order valence-corrected chi connectivity index (χ4v) is 3.26. The van der Waals surface area contributed by atoms with Gasteiger partial charge in [-0.2, -0.15) is 0 Å². The first kappa shape index (κ1) is 20.3. The van der Waals surface area contributed by atoms with Crippen molar-refractivity contribution in [3.8, 4) is 22.8 Å². The summed E-state index contributed by atoms with van der Waals surface area (Å²) in [5.41, 5.74) is 3.35. The van der Waals surface area contributed by atoms with Gasteiger partial charge in [0.15, 0.2) is 0 Å². The molecule has 3 aromatic carbocycles. The molecule has 1 aromatic heterocycles. The second-order valence-corrected chi connectivity index (χ2v) is 6.86. The van der Waals surface area contributed by atoms with Crippen molar-refractivity contribution in [2.24, 2.45) is 0 Å². The number of anilines is 1. The zero-order valence-corrected chi connectivity index (χ0v) is 17.2. The topological polar surface area (TPSA) is 60.5 Å². The number of hydrogen-bond acceptors (Lipinski definition) is 4. The van der Waals surface area contributed by atoms with Crippen LogP contribution < -0.4 is 14.8 Å². The molecule has 0 radical (unpaired) electrons. The molecule has 1 amide bonds. The molecule has 6 heteroatoms. The molecule has 0 atom stereocenters. The van der Waals surface area contributed by atoms with Crippen molar-refractivity contribution in [2.45, 2.75) is 6.92 Å². The average molecular weight is 416 g/mol. The number of nitrogens with one attached hydrogen (secondary N) is 1. The summed E-state index contributed by atoms with van der Waals surface area (Å²) in [4.78, 5) is 17.3. The molecule has 0 unspecified atom stereocenters. The van der Waals surface area contributed by atoms with Crippen LogP contribution in [0.3, 0.4) is 0 Å². The molecule has 0 saturated heterocycles. The predicted molar refractivity (Wildman–Crippen MR) is 119 cm³/mol. The Hall–Kier alpha value is -3.93. The van der Waals surface area contributed by atoms with E-state index in [2.05, 4.69) is 10.3 Å². The summed E-state index contributed by atoms with van der Waals surface area (Å²) in [7, 11) is 1.58. The normalized spacial score (nSPS) is 10.7. The van der Waals surface area contributed by atoms with Gasteiger partial charge in [0.05, 0.1) is 24.9 Å². The van der Waals surface area contributed by atoms with Gasteiger partial charge in [0, 0.05) is 28.3 Å². The summed E-state index contributed by atoms with van der Waals surface area (Å²) >= 11 is 0. The zero-order valence-electron chi connectivity index (χ0n) is 17.2. The van der Waals surface area contributed by atoms with Crippen molar-refractivity contribution >= 4 is 22.5 Å². The number of benzene rings is 3. The molecule has 0 aliphatic carbocycles. The van der Waals surface area contributed by atoms with Gasteiger partial charge in [-0.25, -0.2) is 9.37 Å². The van der Waals surface area contributed by atoms with E-state index in [1.807, 2.05) is 25.1 Å². The number of halogens is 1. The van der Waals surface area contributed by atoms with Crippen molar-refractivity contribution < 1.29 is 18.7 Å². The molecule has 156 valence electrons. The Balaban J connectivity index is 1.67. The monoisotopic (exact) mass is 416 g/mol. The number of rotatable bonds is 6. The maximum absolute atomic E-state index is 13.3. The number of fused-ring (bicyclic) bond motifs is 1. The lowest BCUT2D eigenvalue weighted by Crippen LogP contribution is -2.11. The molecular formula is C25H21FN2O3. The van der Waals surface area contributed by atoms with Gasteiger partial charge in [-0.05, 0) is 73.7 Å². The molecule has 0 aliphatic heterocycles. The Morgan fingerprint density at radius 2 is 1.74 bits per heavy atom. The van der Waals surface area contributed by atoms with E-state index >= 15 is 0 Å². The summed E-state index contributed by atoms with van der Waals surface area (Å²) in [6.07, 6.45) is 0. The minimum Gasteiger partial charge on any atom is -0.497 e. The summed E-state index contributed by atoms with van der Waals surface area (Å²) in [5, 5.41) is 3.68. The Labute approximate surface area is 179 Å². The average Bonchev–Trinajstić information content (AvgIpc) is 2.80. The van der Waals surface area contributed by atoms with Gasteiger partial charge in [-0.15, -0.1) is 0 Å². The van der Waals surface area contributed by atoms with Crippen molar-refractivity contribution in [3.63, 3.8) is 0 Å². The summed E-state index contributed by atoms with van der Waals surface area (Å²) in [6.45, 7) is 2.38. The SMILES string of the molecule is CCOc1cc(-c2ccc(F)cc2)nc2ccc(NC(=O)c3ccc(OC)cc3)cc12. The minimum atomic E-state index is -0.299. The molecule has 4 aromatic rings. The summed E-state index contributed by atoms with van der Waals surface area (Å²) in [5.74, 6) is 0.807. The highest BCUT2D eigenvalue weighted by Crippen LogP contribution is 2.32. The number of hydrogen-bond donors (Lipinski definition) is 1. The van der Waals surface area contributed by atoms with Gasteiger partial charge >= 0.3 is 0 Å². The van der Waals surface area contributed by atoms with E-state index in [0.717, 1.165) is 10.9 Å². The smallest absolute Gasteiger partial charge is 0.255 e. The highest BCUT2D eigenvalue weighted by Gasteiger charge is 2.12. The Morgan fingerprint density at radius 1 is 1.00 bits per heavy atom. The second kappa shape index (κ2) is 8.83. The number of nitrogens with zero attached hydrogens (tertiary/aromatic N) is 1. The number of pyridine rings is 1. The van der Waals surface area contributed by atoms with E-state index < -0.39 is 0 Å². The van der Waals surface area contributed by atoms with Crippen LogP contribution in [-0.4, -0.2) is 24.6 Å². The standard InChI is InChI=1S/C25H21FN2O3/c1-3-31-24-15-23(16-4-8-18(26)9-5-16)28-22-13-10-19(14-21(22)24)27-25(29)17-6-11-20(30-2)12-7-17/h4-15H,3H2,1-2H3,(H,27,29). The number of carbonyl (C=O) groups excluding carboxylic acids is 1. The van der Waals surface area contributed by atoms with E-state index in [1.54, 1.807) is 49.6 Å². The highest BCUT2D eigenvalue weighted by atomic mass is 19.1. The zero-order chi connectivity index (χ0) is 21.8. The molecule has 0 saturated carbocycles. The number of amides is 1. The summed E-state index contributed by atoms with van der Waals surface area (Å²) < 4.78 is 24.2. The van der Waals surface area contributed by atoms with Crippen LogP contribution >= 0.6 is 0 Å². The fourth-order valence-electron chi connectivity index (χ4n) is 3.26. The van der Waals surface area contributed by atoms with Gasteiger partial charge in [0.25, 0.3) is 5.91 Å². The molecule has 1 heterocycles. The van der Waals surface area contributed by atoms with Crippen LogP contribution in [0.5, 0.6) is 11.5 Å². The molecule has 5 nitrogen and oxygen atoms in total. The third-order valence-corrected chi connectivity index (χ3v) is 4.82. The lowest BCUT2D eigenvalue weighted by atomic mass is 10.1.